The average molecular weight is 283 g/mol. The molecule has 0 radical (unpaired) electrons. The maximum Gasteiger partial charge on any atom is 0.328 e. The molecule has 20 heavy (non-hydrogen) atoms. The van der Waals surface area contributed by atoms with Crippen molar-refractivity contribution in [3.05, 3.63) is 35.6 Å². The van der Waals surface area contributed by atoms with Gasteiger partial charge in [0.05, 0.1) is 7.11 Å². The molecule has 0 aliphatic heterocycles. The third-order valence-corrected chi connectivity index (χ3v) is 2.61. The van der Waals surface area contributed by atoms with Gasteiger partial charge in [-0.05, 0) is 24.6 Å². The van der Waals surface area contributed by atoms with E-state index in [0.29, 0.717) is 6.61 Å². The molecular weight excluding hydrogens is 265 g/mol. The normalized spacial score (nSPS) is 11.8. The fourth-order valence-electron chi connectivity index (χ4n) is 1.62. The lowest BCUT2D eigenvalue weighted by molar-refractivity contribution is -0.145. The number of hydrogen-bond acceptors (Lipinski definition) is 4. The van der Waals surface area contributed by atoms with Gasteiger partial charge >= 0.3 is 5.97 Å². The summed E-state index contributed by atoms with van der Waals surface area (Å²) in [4.78, 5) is 23.2. The van der Waals surface area contributed by atoms with Gasteiger partial charge in [0, 0.05) is 13.0 Å². The third kappa shape index (κ3) is 5.36. The summed E-state index contributed by atoms with van der Waals surface area (Å²) < 4.78 is 22.4. The largest absolute Gasteiger partial charge is 0.467 e. The summed E-state index contributed by atoms with van der Waals surface area (Å²) in [6, 6.07) is 4.88. The predicted octanol–water partition coefficient (Wildman–Crippen LogP) is 1.06. The highest BCUT2D eigenvalue weighted by atomic mass is 19.1. The van der Waals surface area contributed by atoms with Crippen LogP contribution in [0.4, 0.5) is 4.39 Å². The van der Waals surface area contributed by atoms with Gasteiger partial charge in [-0.3, -0.25) is 4.79 Å². The zero-order chi connectivity index (χ0) is 15.0. The number of ether oxygens (including phenoxy) is 2. The second-order valence-corrected chi connectivity index (χ2v) is 4.11. The van der Waals surface area contributed by atoms with Crippen molar-refractivity contribution in [3.63, 3.8) is 0 Å². The van der Waals surface area contributed by atoms with Crippen LogP contribution < -0.4 is 5.32 Å². The van der Waals surface area contributed by atoms with Crippen molar-refractivity contribution in [1.29, 1.82) is 0 Å². The third-order valence-electron chi connectivity index (χ3n) is 2.61. The van der Waals surface area contributed by atoms with Crippen molar-refractivity contribution in [3.8, 4) is 0 Å². The lowest BCUT2D eigenvalue weighted by Gasteiger charge is -2.16. The summed E-state index contributed by atoms with van der Waals surface area (Å²) in [5, 5.41) is 2.53. The monoisotopic (exact) mass is 283 g/mol. The minimum atomic E-state index is -0.821. The molecule has 1 rings (SSSR count). The number of methoxy groups -OCH3 is 1. The standard InChI is InChI=1S/C14H18FNO4/c1-3-20-9-13(17)16-12(14(18)19-2)8-10-4-6-11(15)7-5-10/h4-7,12H,3,8-9H2,1-2H3,(H,16,17)/t12-/m0/s1. The van der Waals surface area contributed by atoms with E-state index in [2.05, 4.69) is 10.1 Å². The van der Waals surface area contributed by atoms with Gasteiger partial charge < -0.3 is 14.8 Å². The molecule has 0 spiro atoms. The quantitative estimate of drug-likeness (QED) is 0.760. The number of carbonyl (C=O) groups is 2. The Labute approximate surface area is 117 Å². The second-order valence-electron chi connectivity index (χ2n) is 4.11. The average Bonchev–Trinajstić information content (AvgIpc) is 2.45. The van der Waals surface area contributed by atoms with Crippen molar-refractivity contribution in [2.24, 2.45) is 0 Å². The Balaban J connectivity index is 2.67. The molecule has 1 amide bonds. The van der Waals surface area contributed by atoms with Gasteiger partial charge in [-0.15, -0.1) is 0 Å². The zero-order valence-electron chi connectivity index (χ0n) is 11.5. The van der Waals surface area contributed by atoms with Gasteiger partial charge in [0.2, 0.25) is 5.91 Å². The highest BCUT2D eigenvalue weighted by Gasteiger charge is 2.21. The van der Waals surface area contributed by atoms with Crippen LogP contribution in [-0.2, 0) is 25.5 Å². The van der Waals surface area contributed by atoms with E-state index in [1.165, 1.54) is 19.2 Å². The maximum absolute atomic E-state index is 12.8. The minimum Gasteiger partial charge on any atom is -0.467 e. The summed E-state index contributed by atoms with van der Waals surface area (Å²) >= 11 is 0. The SMILES string of the molecule is CCOCC(=O)N[C@@H](Cc1ccc(F)cc1)C(=O)OC. The van der Waals surface area contributed by atoms with E-state index in [1.807, 2.05) is 0 Å². The van der Waals surface area contributed by atoms with E-state index in [-0.39, 0.29) is 18.8 Å². The van der Waals surface area contributed by atoms with Gasteiger partial charge in [-0.25, -0.2) is 9.18 Å². The van der Waals surface area contributed by atoms with Crippen molar-refractivity contribution in [1.82, 2.24) is 5.32 Å². The lowest BCUT2D eigenvalue weighted by atomic mass is 10.1. The Hall–Kier alpha value is -1.95. The molecular formula is C14H18FNO4. The summed E-state index contributed by atoms with van der Waals surface area (Å²) in [5.41, 5.74) is 0.721. The highest BCUT2D eigenvalue weighted by Crippen LogP contribution is 2.07. The number of halogens is 1. The van der Waals surface area contributed by atoms with Crippen LogP contribution in [0.5, 0.6) is 0 Å². The zero-order valence-corrected chi connectivity index (χ0v) is 11.5. The second kappa shape index (κ2) is 8.27. The first-order valence-corrected chi connectivity index (χ1v) is 6.26. The van der Waals surface area contributed by atoms with Crippen molar-refractivity contribution < 1.29 is 23.5 Å². The summed E-state index contributed by atoms with van der Waals surface area (Å²) in [5.74, 6) is -1.31. The summed E-state index contributed by atoms with van der Waals surface area (Å²) in [6.07, 6.45) is 0.227. The van der Waals surface area contributed by atoms with Gasteiger partial charge in [0.1, 0.15) is 18.5 Å². The molecule has 0 unspecified atom stereocenters. The molecule has 6 heteroatoms. The Morgan fingerprint density at radius 1 is 1.30 bits per heavy atom. The molecule has 0 bridgehead atoms. The van der Waals surface area contributed by atoms with E-state index in [1.54, 1.807) is 19.1 Å². The number of rotatable bonds is 7. The highest BCUT2D eigenvalue weighted by molar-refractivity contribution is 5.85. The minimum absolute atomic E-state index is 0.118. The van der Waals surface area contributed by atoms with Crippen molar-refractivity contribution in [2.45, 2.75) is 19.4 Å². The first kappa shape index (κ1) is 16.1. The van der Waals surface area contributed by atoms with Crippen LogP contribution in [0.15, 0.2) is 24.3 Å². The number of carbonyl (C=O) groups excluding carboxylic acids is 2. The Kier molecular flexibility index (Phi) is 6.66. The molecule has 0 aliphatic carbocycles. The molecule has 110 valence electrons. The maximum atomic E-state index is 12.8. The van der Waals surface area contributed by atoms with Crippen LogP contribution in [0.2, 0.25) is 0 Å². The van der Waals surface area contributed by atoms with Gasteiger partial charge in [0.25, 0.3) is 0 Å². The van der Waals surface area contributed by atoms with Gasteiger partial charge in [-0.2, -0.15) is 0 Å². The van der Waals surface area contributed by atoms with Crippen LogP contribution in [0, 0.1) is 5.82 Å². The molecule has 0 saturated heterocycles. The van der Waals surface area contributed by atoms with Crippen LogP contribution in [0.25, 0.3) is 0 Å². The van der Waals surface area contributed by atoms with E-state index in [4.69, 9.17) is 4.74 Å². The van der Waals surface area contributed by atoms with Gasteiger partial charge in [0.15, 0.2) is 0 Å². The fraction of sp³-hybridized carbons (Fsp3) is 0.429. The summed E-state index contributed by atoms with van der Waals surface area (Å²) in [6.45, 7) is 2.06. The molecule has 1 N–H and O–H groups in total. The molecule has 5 nitrogen and oxygen atoms in total. The van der Waals surface area contributed by atoms with E-state index < -0.39 is 17.9 Å². The van der Waals surface area contributed by atoms with E-state index >= 15 is 0 Å². The number of amides is 1. The Bertz CT molecular complexity index is 447. The molecule has 0 fully saturated rings. The Morgan fingerprint density at radius 2 is 1.95 bits per heavy atom. The van der Waals surface area contributed by atoms with Gasteiger partial charge in [-0.1, -0.05) is 12.1 Å². The number of hydrogen-bond donors (Lipinski definition) is 1. The number of nitrogens with one attached hydrogen (secondary N) is 1. The molecule has 0 heterocycles. The number of esters is 1. The van der Waals surface area contributed by atoms with E-state index in [9.17, 15) is 14.0 Å². The smallest absolute Gasteiger partial charge is 0.328 e. The molecule has 1 atom stereocenters. The van der Waals surface area contributed by atoms with Crippen LogP contribution in [-0.4, -0.2) is 38.2 Å². The first-order valence-electron chi connectivity index (χ1n) is 6.26. The summed E-state index contributed by atoms with van der Waals surface area (Å²) in [7, 11) is 1.24. The molecule has 1 aromatic rings. The molecule has 0 aromatic heterocycles. The topological polar surface area (TPSA) is 64.6 Å². The first-order chi connectivity index (χ1) is 9.56. The van der Waals surface area contributed by atoms with Crippen molar-refractivity contribution in [2.75, 3.05) is 20.3 Å². The van der Waals surface area contributed by atoms with E-state index in [0.717, 1.165) is 5.56 Å². The number of benzene rings is 1. The molecule has 1 aromatic carbocycles. The van der Waals surface area contributed by atoms with Crippen LogP contribution >= 0.6 is 0 Å². The van der Waals surface area contributed by atoms with Crippen LogP contribution in [0.1, 0.15) is 12.5 Å². The predicted molar refractivity (Wildman–Crippen MR) is 70.5 cm³/mol. The van der Waals surface area contributed by atoms with Crippen LogP contribution in [0.3, 0.4) is 0 Å². The molecule has 0 saturated carbocycles. The van der Waals surface area contributed by atoms with Crippen molar-refractivity contribution >= 4 is 11.9 Å². The Morgan fingerprint density at radius 3 is 2.50 bits per heavy atom. The fourth-order valence-corrected chi connectivity index (χ4v) is 1.62. The molecule has 0 aliphatic rings. The lowest BCUT2D eigenvalue weighted by Crippen LogP contribution is -2.44.